The number of furan rings is 1. The number of nitrogens with one attached hydrogen (secondary N) is 2. The van der Waals surface area contributed by atoms with Crippen molar-refractivity contribution in [1.82, 2.24) is 10.6 Å². The molecule has 0 spiro atoms. The Morgan fingerprint density at radius 2 is 1.73 bits per heavy atom. The van der Waals surface area contributed by atoms with Gasteiger partial charge in [0, 0.05) is 31.7 Å². The SMILES string of the molecule is CC(C)CC(NC(=O)C(CC(=O)OCc1ccccc1)C(C)C)C(=O)CC1Cc2ccc(o2)CCNC(=O)C1=O. The lowest BCUT2D eigenvalue weighted by molar-refractivity contribution is -0.149. The van der Waals surface area contributed by atoms with Crippen molar-refractivity contribution < 1.29 is 33.1 Å². The quantitative estimate of drug-likeness (QED) is 0.304. The molecule has 0 saturated carbocycles. The minimum atomic E-state index is -0.912. The van der Waals surface area contributed by atoms with E-state index in [1.807, 2.05) is 58.0 Å². The highest BCUT2D eigenvalue weighted by Crippen LogP contribution is 2.22. The lowest BCUT2D eigenvalue weighted by atomic mass is 9.87. The summed E-state index contributed by atoms with van der Waals surface area (Å²) >= 11 is 0. The number of hydrogen-bond acceptors (Lipinski definition) is 7. The molecule has 40 heavy (non-hydrogen) atoms. The summed E-state index contributed by atoms with van der Waals surface area (Å²) in [5.74, 6) is -3.16. The maximum Gasteiger partial charge on any atom is 0.306 e. The number of carbonyl (C=O) groups is 5. The van der Waals surface area contributed by atoms with Crippen LogP contribution in [0.3, 0.4) is 0 Å². The van der Waals surface area contributed by atoms with Gasteiger partial charge in [-0.25, -0.2) is 0 Å². The largest absolute Gasteiger partial charge is 0.466 e. The molecule has 216 valence electrons. The van der Waals surface area contributed by atoms with E-state index in [0.717, 1.165) is 5.56 Å². The topological polar surface area (TPSA) is 132 Å². The first kappa shape index (κ1) is 30.8. The van der Waals surface area contributed by atoms with Crippen molar-refractivity contribution in [1.29, 1.82) is 0 Å². The Bertz CT molecular complexity index is 1190. The Morgan fingerprint density at radius 1 is 1.02 bits per heavy atom. The Labute approximate surface area is 235 Å². The predicted octanol–water partition coefficient (Wildman–Crippen LogP) is 3.58. The average molecular weight is 553 g/mol. The second kappa shape index (κ2) is 14.6. The summed E-state index contributed by atoms with van der Waals surface area (Å²) in [5, 5.41) is 5.43. The summed E-state index contributed by atoms with van der Waals surface area (Å²) < 4.78 is 11.1. The van der Waals surface area contributed by atoms with Crippen molar-refractivity contribution in [3.8, 4) is 0 Å². The van der Waals surface area contributed by atoms with Gasteiger partial charge in [0.25, 0.3) is 5.91 Å². The molecule has 3 unspecified atom stereocenters. The summed E-state index contributed by atoms with van der Waals surface area (Å²) in [6, 6.07) is 12.0. The van der Waals surface area contributed by atoms with Crippen LogP contribution in [0.25, 0.3) is 0 Å². The van der Waals surface area contributed by atoms with Gasteiger partial charge in [-0.1, -0.05) is 58.0 Å². The van der Waals surface area contributed by atoms with Crippen molar-refractivity contribution in [2.45, 2.75) is 72.4 Å². The van der Waals surface area contributed by atoms with E-state index in [-0.39, 0.29) is 50.0 Å². The molecule has 2 aromatic rings. The number of rotatable bonds is 12. The first-order valence-electron chi connectivity index (χ1n) is 14.0. The maximum atomic E-state index is 13.5. The zero-order chi connectivity index (χ0) is 29.2. The molecule has 9 nitrogen and oxygen atoms in total. The molecule has 0 fully saturated rings. The molecular formula is C31H40N2O7. The van der Waals surface area contributed by atoms with Crippen LogP contribution in [0.1, 0.15) is 64.0 Å². The molecule has 1 aromatic heterocycles. The standard InChI is InChI=1S/C31H40N2O7/c1-19(2)14-26(27(34)16-22-15-24-11-10-23(40-24)12-13-32-31(38)29(22)36)33-30(37)25(20(3)4)17-28(35)39-18-21-8-6-5-7-9-21/h5-11,19-20,22,25-26H,12-18H2,1-4H3,(H,32,38)(H,33,37). The van der Waals surface area contributed by atoms with E-state index < -0.39 is 41.4 Å². The molecule has 1 aliphatic rings. The number of benzene rings is 1. The first-order valence-corrected chi connectivity index (χ1v) is 14.0. The van der Waals surface area contributed by atoms with E-state index in [9.17, 15) is 24.0 Å². The van der Waals surface area contributed by atoms with E-state index in [1.54, 1.807) is 12.1 Å². The van der Waals surface area contributed by atoms with Gasteiger partial charge in [-0.3, -0.25) is 24.0 Å². The van der Waals surface area contributed by atoms with Crippen LogP contribution in [0.15, 0.2) is 46.9 Å². The number of esters is 1. The smallest absolute Gasteiger partial charge is 0.306 e. The van der Waals surface area contributed by atoms with Crippen LogP contribution in [-0.4, -0.2) is 41.9 Å². The van der Waals surface area contributed by atoms with Crippen molar-refractivity contribution in [2.24, 2.45) is 23.7 Å². The first-order chi connectivity index (χ1) is 19.0. The number of fused-ring (bicyclic) bond motifs is 2. The summed E-state index contributed by atoms with van der Waals surface area (Å²) in [6.07, 6.45) is 0.600. The van der Waals surface area contributed by atoms with Gasteiger partial charge in [-0.05, 0) is 36.0 Å². The molecule has 0 saturated heterocycles. The summed E-state index contributed by atoms with van der Waals surface area (Å²) in [6.45, 7) is 7.90. The highest BCUT2D eigenvalue weighted by atomic mass is 16.5. The summed E-state index contributed by atoms with van der Waals surface area (Å²) in [7, 11) is 0. The highest BCUT2D eigenvalue weighted by Gasteiger charge is 2.34. The molecule has 1 aromatic carbocycles. The second-order valence-electron chi connectivity index (χ2n) is 11.2. The van der Waals surface area contributed by atoms with E-state index >= 15 is 0 Å². The molecule has 2 amide bonds. The normalized spacial score (nSPS) is 17.2. The van der Waals surface area contributed by atoms with Crippen LogP contribution < -0.4 is 10.6 Å². The van der Waals surface area contributed by atoms with Gasteiger partial charge < -0.3 is 19.8 Å². The highest BCUT2D eigenvalue weighted by molar-refractivity contribution is 6.37. The van der Waals surface area contributed by atoms with Crippen LogP contribution in [0.2, 0.25) is 0 Å². The fraction of sp³-hybridized carbons (Fsp3) is 0.516. The third-order valence-electron chi connectivity index (χ3n) is 7.05. The Kier molecular flexibility index (Phi) is 11.2. The van der Waals surface area contributed by atoms with Gasteiger partial charge in [-0.15, -0.1) is 0 Å². The monoisotopic (exact) mass is 552 g/mol. The van der Waals surface area contributed by atoms with Crippen LogP contribution in [0.4, 0.5) is 0 Å². The summed E-state index contributed by atoms with van der Waals surface area (Å²) in [5.41, 5.74) is 0.846. The Hall–Kier alpha value is -3.75. The lowest BCUT2D eigenvalue weighted by Crippen LogP contribution is -2.47. The molecule has 9 heteroatoms. The van der Waals surface area contributed by atoms with E-state index in [2.05, 4.69) is 10.6 Å². The number of hydrogen-bond donors (Lipinski definition) is 2. The average Bonchev–Trinajstić information content (AvgIpc) is 3.35. The Balaban J connectivity index is 1.68. The van der Waals surface area contributed by atoms with Gasteiger partial charge in [0.1, 0.15) is 18.1 Å². The van der Waals surface area contributed by atoms with Gasteiger partial charge in [0.2, 0.25) is 11.7 Å². The van der Waals surface area contributed by atoms with Crippen molar-refractivity contribution in [3.63, 3.8) is 0 Å². The van der Waals surface area contributed by atoms with Crippen LogP contribution in [0, 0.1) is 23.7 Å². The molecule has 2 heterocycles. The fourth-order valence-corrected chi connectivity index (χ4v) is 4.75. The van der Waals surface area contributed by atoms with Gasteiger partial charge in [0.05, 0.1) is 18.4 Å². The van der Waals surface area contributed by atoms with E-state index in [1.165, 1.54) is 0 Å². The minimum Gasteiger partial charge on any atom is -0.466 e. The summed E-state index contributed by atoms with van der Waals surface area (Å²) in [4.78, 5) is 64.8. The van der Waals surface area contributed by atoms with Crippen LogP contribution >= 0.6 is 0 Å². The third kappa shape index (κ3) is 9.17. The molecule has 3 rings (SSSR count). The van der Waals surface area contributed by atoms with Crippen LogP contribution in [0.5, 0.6) is 0 Å². The minimum absolute atomic E-state index is 0.0678. The zero-order valence-electron chi connectivity index (χ0n) is 23.7. The number of amides is 2. The second-order valence-corrected chi connectivity index (χ2v) is 11.2. The van der Waals surface area contributed by atoms with E-state index in [0.29, 0.717) is 24.4 Å². The molecule has 2 N–H and O–H groups in total. The van der Waals surface area contributed by atoms with Crippen molar-refractivity contribution in [3.05, 3.63) is 59.5 Å². The fourth-order valence-electron chi connectivity index (χ4n) is 4.75. The lowest BCUT2D eigenvalue weighted by Gasteiger charge is -2.26. The van der Waals surface area contributed by atoms with Crippen LogP contribution in [-0.2, 0) is 48.2 Å². The number of carbonyl (C=O) groups excluding carboxylic acids is 5. The molecular weight excluding hydrogens is 512 g/mol. The van der Waals surface area contributed by atoms with Crippen molar-refractivity contribution in [2.75, 3.05) is 6.54 Å². The number of ether oxygens (including phenoxy) is 1. The Morgan fingerprint density at radius 3 is 2.40 bits per heavy atom. The molecule has 3 atom stereocenters. The zero-order valence-corrected chi connectivity index (χ0v) is 23.7. The third-order valence-corrected chi connectivity index (χ3v) is 7.05. The van der Waals surface area contributed by atoms with Gasteiger partial charge in [-0.2, -0.15) is 0 Å². The van der Waals surface area contributed by atoms with E-state index in [4.69, 9.17) is 9.15 Å². The van der Waals surface area contributed by atoms with Gasteiger partial charge >= 0.3 is 5.97 Å². The number of Topliss-reactive ketones (excluding diaryl/α,β-unsaturated/α-hetero) is 2. The van der Waals surface area contributed by atoms with Gasteiger partial charge in [0.15, 0.2) is 5.78 Å². The van der Waals surface area contributed by atoms with Crippen molar-refractivity contribution >= 4 is 29.4 Å². The maximum absolute atomic E-state index is 13.5. The molecule has 2 bridgehead atoms. The number of ketones is 2. The molecule has 1 aliphatic heterocycles. The molecule has 0 aliphatic carbocycles. The molecule has 0 radical (unpaired) electrons. The predicted molar refractivity (Wildman–Crippen MR) is 148 cm³/mol.